The highest BCUT2D eigenvalue weighted by Crippen LogP contribution is 2.09. The van der Waals surface area contributed by atoms with Crippen LogP contribution in [-0.2, 0) is 0 Å². The van der Waals surface area contributed by atoms with E-state index in [0.717, 1.165) is 0 Å². The van der Waals surface area contributed by atoms with E-state index in [1.165, 1.54) is 12.5 Å². The minimum Gasteiger partial charge on any atom is -0.344 e. The van der Waals surface area contributed by atoms with E-state index in [2.05, 4.69) is 26.6 Å². The Morgan fingerprint density at radius 1 is 1.12 bits per heavy atom. The van der Waals surface area contributed by atoms with Crippen LogP contribution in [0.15, 0.2) is 0 Å². The van der Waals surface area contributed by atoms with Crippen molar-refractivity contribution in [2.45, 2.75) is 39.0 Å². The van der Waals surface area contributed by atoms with Gasteiger partial charge in [0.15, 0.2) is 0 Å². The average Bonchev–Trinajstić information content (AvgIpc) is 1.30. The molecule has 0 saturated carbocycles. The van der Waals surface area contributed by atoms with Crippen molar-refractivity contribution < 1.29 is 0 Å². The minimum atomic E-state index is -0.657. The summed E-state index contributed by atoms with van der Waals surface area (Å²) >= 11 is 0. The fourth-order valence-electron chi connectivity index (χ4n) is 0.750. The third-order valence-electron chi connectivity index (χ3n) is 1.000. The zero-order valence-corrected chi connectivity index (χ0v) is 7.62. The Kier molecular flexibility index (Phi) is 5.65. The second-order valence-electron chi connectivity index (χ2n) is 3.31. The van der Waals surface area contributed by atoms with Gasteiger partial charge in [-0.3, -0.25) is 0 Å². The second kappa shape index (κ2) is 4.10. The molecule has 0 aliphatic carbocycles. The summed E-state index contributed by atoms with van der Waals surface area (Å²) < 4.78 is 0. The molecular weight excluding hydrogens is 114 g/mol. The van der Waals surface area contributed by atoms with Crippen LogP contribution in [0.25, 0.3) is 0 Å². The summed E-state index contributed by atoms with van der Waals surface area (Å²) in [5, 5.41) is 0. The minimum absolute atomic E-state index is 0. The van der Waals surface area contributed by atoms with E-state index in [1.807, 2.05) is 0 Å². The van der Waals surface area contributed by atoms with E-state index in [4.69, 9.17) is 0 Å². The fraction of sp³-hybridized carbons (Fsp3) is 1.00. The molecule has 0 heterocycles. The quantitative estimate of drug-likeness (QED) is 0.577. The van der Waals surface area contributed by atoms with Crippen LogP contribution in [0.3, 0.4) is 0 Å². The van der Waals surface area contributed by atoms with Crippen LogP contribution in [-0.4, -0.2) is 8.07 Å². The Morgan fingerprint density at radius 2 is 1.50 bits per heavy atom. The molecule has 0 aromatic rings. The normalized spacial score (nSPS) is 10.5. The Labute approximate surface area is 54.1 Å². The van der Waals surface area contributed by atoms with Crippen molar-refractivity contribution >= 4 is 8.07 Å². The molecule has 1 nitrogen and oxygen atoms in total. The molecule has 52 valence electrons. The lowest BCUT2D eigenvalue weighted by molar-refractivity contribution is 1.05. The van der Waals surface area contributed by atoms with Crippen LogP contribution in [0.5, 0.6) is 0 Å². The Bertz CT molecular complexity index is 47.0. The molecule has 0 aliphatic rings. The van der Waals surface area contributed by atoms with Gasteiger partial charge < -0.3 is 6.15 Å². The number of hydrogen-bond acceptors (Lipinski definition) is 1. The van der Waals surface area contributed by atoms with Gasteiger partial charge >= 0.3 is 0 Å². The summed E-state index contributed by atoms with van der Waals surface area (Å²) in [7, 11) is -0.657. The molecule has 0 fully saturated rings. The molecule has 0 radical (unpaired) electrons. The predicted molar refractivity (Wildman–Crippen MR) is 43.5 cm³/mol. The first-order chi connectivity index (χ1) is 3.06. The summed E-state index contributed by atoms with van der Waals surface area (Å²) in [6.45, 7) is 9.50. The highest BCUT2D eigenvalue weighted by atomic mass is 28.3. The van der Waals surface area contributed by atoms with Crippen molar-refractivity contribution in [3.8, 4) is 0 Å². The molecule has 0 aliphatic heterocycles. The van der Waals surface area contributed by atoms with E-state index in [0.29, 0.717) is 0 Å². The molecule has 8 heavy (non-hydrogen) atoms. The van der Waals surface area contributed by atoms with Crippen molar-refractivity contribution in [2.75, 3.05) is 0 Å². The van der Waals surface area contributed by atoms with Crippen LogP contribution >= 0.6 is 0 Å². The molecule has 0 saturated heterocycles. The van der Waals surface area contributed by atoms with Crippen LogP contribution in [0.2, 0.25) is 25.7 Å². The first-order valence-corrected chi connectivity index (χ1v) is 6.77. The molecule has 2 heteroatoms. The van der Waals surface area contributed by atoms with Crippen LogP contribution in [0.4, 0.5) is 0 Å². The van der Waals surface area contributed by atoms with E-state index in [9.17, 15) is 0 Å². The number of rotatable bonds is 2. The summed E-state index contributed by atoms with van der Waals surface area (Å²) in [5.41, 5.74) is 0. The molecule has 0 spiro atoms. The van der Waals surface area contributed by atoms with Crippen molar-refractivity contribution in [1.29, 1.82) is 0 Å². The van der Waals surface area contributed by atoms with Gasteiger partial charge in [0.05, 0.1) is 0 Å². The summed E-state index contributed by atoms with van der Waals surface area (Å²) in [6, 6.07) is 1.48. The maximum absolute atomic E-state index is 2.41. The lowest BCUT2D eigenvalue weighted by Crippen LogP contribution is -2.17. The van der Waals surface area contributed by atoms with Crippen LogP contribution in [0.1, 0.15) is 13.3 Å². The van der Waals surface area contributed by atoms with Gasteiger partial charge in [-0.05, 0) is 0 Å². The van der Waals surface area contributed by atoms with Crippen LogP contribution in [0, 0.1) is 0 Å². The summed E-state index contributed by atoms with van der Waals surface area (Å²) in [4.78, 5) is 0. The molecule has 0 bridgehead atoms. The van der Waals surface area contributed by atoms with E-state index in [1.54, 1.807) is 0 Å². The lowest BCUT2D eigenvalue weighted by Gasteiger charge is -2.12. The SMILES string of the molecule is CCC[Si](C)(C)C.N. The average molecular weight is 133 g/mol. The Hall–Kier alpha value is 0.177. The monoisotopic (exact) mass is 133 g/mol. The van der Waals surface area contributed by atoms with Gasteiger partial charge in [0.1, 0.15) is 0 Å². The zero-order chi connectivity index (χ0) is 5.91. The van der Waals surface area contributed by atoms with E-state index < -0.39 is 8.07 Å². The highest BCUT2D eigenvalue weighted by molar-refractivity contribution is 6.76. The smallest absolute Gasteiger partial charge is 0.0442 e. The molecule has 0 rings (SSSR count). The van der Waals surface area contributed by atoms with Crippen molar-refractivity contribution in [3.05, 3.63) is 0 Å². The molecular formula is C6H19NSi. The van der Waals surface area contributed by atoms with Gasteiger partial charge in [0, 0.05) is 8.07 Å². The third-order valence-corrected chi connectivity index (χ3v) is 3.00. The van der Waals surface area contributed by atoms with Gasteiger partial charge in [0.2, 0.25) is 0 Å². The zero-order valence-electron chi connectivity index (χ0n) is 6.62. The van der Waals surface area contributed by atoms with Crippen molar-refractivity contribution in [2.24, 2.45) is 0 Å². The van der Waals surface area contributed by atoms with Gasteiger partial charge in [-0.15, -0.1) is 0 Å². The van der Waals surface area contributed by atoms with Crippen molar-refractivity contribution in [3.63, 3.8) is 0 Å². The van der Waals surface area contributed by atoms with Gasteiger partial charge in [0.25, 0.3) is 0 Å². The standard InChI is InChI=1S/C6H16Si.H3N/c1-5-6-7(2,3)4;/h5-6H2,1-4H3;1H3. The van der Waals surface area contributed by atoms with Gasteiger partial charge in [-0.1, -0.05) is 39.0 Å². The number of hydrogen-bond donors (Lipinski definition) is 1. The summed E-state index contributed by atoms with van der Waals surface area (Å²) in [6.07, 6.45) is 1.37. The first-order valence-electron chi connectivity index (χ1n) is 3.06. The Balaban J connectivity index is 0. The van der Waals surface area contributed by atoms with Crippen LogP contribution < -0.4 is 6.15 Å². The molecule has 0 amide bonds. The van der Waals surface area contributed by atoms with E-state index in [-0.39, 0.29) is 6.15 Å². The molecule has 0 unspecified atom stereocenters. The predicted octanol–water partition coefficient (Wildman–Crippen LogP) is 2.90. The van der Waals surface area contributed by atoms with Crippen molar-refractivity contribution in [1.82, 2.24) is 6.15 Å². The molecule has 0 aromatic carbocycles. The topological polar surface area (TPSA) is 35.0 Å². The second-order valence-corrected chi connectivity index (χ2v) is 8.93. The third kappa shape index (κ3) is 9.49. The Morgan fingerprint density at radius 3 is 1.50 bits per heavy atom. The van der Waals surface area contributed by atoms with Gasteiger partial charge in [-0.2, -0.15) is 0 Å². The molecule has 0 aromatic heterocycles. The molecule has 0 atom stereocenters. The lowest BCUT2D eigenvalue weighted by atomic mass is 10.6. The van der Waals surface area contributed by atoms with Gasteiger partial charge in [-0.25, -0.2) is 0 Å². The fourth-order valence-corrected chi connectivity index (χ4v) is 2.25. The highest BCUT2D eigenvalue weighted by Gasteiger charge is 2.09. The summed E-state index contributed by atoms with van der Waals surface area (Å²) in [5.74, 6) is 0. The molecule has 3 N–H and O–H groups in total. The first kappa shape index (κ1) is 11.0. The maximum Gasteiger partial charge on any atom is 0.0442 e. The van der Waals surface area contributed by atoms with E-state index >= 15 is 0 Å². The largest absolute Gasteiger partial charge is 0.344 e. The maximum atomic E-state index is 2.41.